The van der Waals surface area contributed by atoms with Crippen LogP contribution in [0.1, 0.15) is 0 Å². The van der Waals surface area contributed by atoms with E-state index in [9.17, 15) is 23.6 Å². The standard InChI is InChI=1S/C12H9BrN2O5S/c13-8-1-3-9(4-2-8)14-21(19,20)10-5-6-12(16)11(7-10)15(17)18/h1-7,14,16H. The normalized spacial score (nSPS) is 11.1. The highest BCUT2D eigenvalue weighted by Crippen LogP contribution is 2.29. The lowest BCUT2D eigenvalue weighted by Crippen LogP contribution is -2.13. The van der Waals surface area contributed by atoms with E-state index in [0.717, 1.165) is 22.7 Å². The average molecular weight is 373 g/mol. The number of nitro groups is 1. The van der Waals surface area contributed by atoms with Gasteiger partial charge in [0.1, 0.15) is 0 Å². The van der Waals surface area contributed by atoms with Gasteiger partial charge in [-0.3, -0.25) is 14.8 Å². The van der Waals surface area contributed by atoms with E-state index >= 15 is 0 Å². The molecular weight excluding hydrogens is 364 g/mol. The number of rotatable bonds is 4. The van der Waals surface area contributed by atoms with Gasteiger partial charge in [-0.15, -0.1) is 0 Å². The highest BCUT2D eigenvalue weighted by molar-refractivity contribution is 9.10. The lowest BCUT2D eigenvalue weighted by atomic mass is 10.3. The second kappa shape index (κ2) is 5.70. The Hall–Kier alpha value is -2.13. The van der Waals surface area contributed by atoms with Crippen LogP contribution in [0.3, 0.4) is 0 Å². The number of aromatic hydroxyl groups is 1. The first-order valence-corrected chi connectivity index (χ1v) is 7.83. The fraction of sp³-hybridized carbons (Fsp3) is 0. The molecule has 0 radical (unpaired) electrons. The van der Waals surface area contributed by atoms with Gasteiger partial charge in [0.2, 0.25) is 0 Å². The number of benzene rings is 2. The first kappa shape index (κ1) is 15.3. The maximum Gasteiger partial charge on any atom is 0.312 e. The van der Waals surface area contributed by atoms with Crippen molar-refractivity contribution in [2.75, 3.05) is 4.72 Å². The van der Waals surface area contributed by atoms with Crippen molar-refractivity contribution in [2.24, 2.45) is 0 Å². The van der Waals surface area contributed by atoms with Crippen molar-refractivity contribution in [1.82, 2.24) is 0 Å². The van der Waals surface area contributed by atoms with Crippen LogP contribution in [0.2, 0.25) is 0 Å². The van der Waals surface area contributed by atoms with Gasteiger partial charge in [0, 0.05) is 16.2 Å². The summed E-state index contributed by atoms with van der Waals surface area (Å²) in [5.74, 6) is -0.595. The highest BCUT2D eigenvalue weighted by Gasteiger charge is 2.21. The Balaban J connectivity index is 2.38. The lowest BCUT2D eigenvalue weighted by molar-refractivity contribution is -0.386. The van der Waals surface area contributed by atoms with Gasteiger partial charge < -0.3 is 5.11 Å². The summed E-state index contributed by atoms with van der Waals surface area (Å²) in [5.41, 5.74) is -0.359. The molecule has 2 aromatic carbocycles. The second-order valence-electron chi connectivity index (χ2n) is 4.02. The first-order chi connectivity index (χ1) is 9.79. The molecule has 0 bridgehead atoms. The zero-order valence-corrected chi connectivity index (χ0v) is 12.8. The van der Waals surface area contributed by atoms with Gasteiger partial charge in [0.25, 0.3) is 10.0 Å². The zero-order valence-electron chi connectivity index (χ0n) is 10.4. The number of nitrogens with zero attached hydrogens (tertiary/aromatic N) is 1. The Morgan fingerprint density at radius 2 is 1.76 bits per heavy atom. The predicted octanol–water partition coefficient (Wildman–Crippen LogP) is 2.86. The number of hydrogen-bond donors (Lipinski definition) is 2. The van der Waals surface area contributed by atoms with Crippen LogP contribution in [0.5, 0.6) is 5.75 Å². The molecule has 2 aromatic rings. The summed E-state index contributed by atoms with van der Waals surface area (Å²) in [4.78, 5) is 9.56. The van der Waals surface area contributed by atoms with Crippen LogP contribution in [0.15, 0.2) is 51.8 Å². The summed E-state index contributed by atoms with van der Waals surface area (Å²) in [6.07, 6.45) is 0. The molecule has 0 fully saturated rings. The van der Waals surface area contributed by atoms with E-state index in [4.69, 9.17) is 0 Å². The molecule has 0 aliphatic rings. The smallest absolute Gasteiger partial charge is 0.312 e. The van der Waals surface area contributed by atoms with Crippen molar-refractivity contribution in [3.05, 3.63) is 57.1 Å². The number of phenols is 1. The Morgan fingerprint density at radius 3 is 2.33 bits per heavy atom. The Bertz CT molecular complexity index is 790. The molecule has 0 heterocycles. The molecule has 0 aliphatic heterocycles. The van der Waals surface area contributed by atoms with Crippen molar-refractivity contribution in [2.45, 2.75) is 4.90 Å². The van der Waals surface area contributed by atoms with Crippen molar-refractivity contribution < 1.29 is 18.4 Å². The summed E-state index contributed by atoms with van der Waals surface area (Å²) >= 11 is 3.22. The maximum absolute atomic E-state index is 12.1. The van der Waals surface area contributed by atoms with E-state index in [2.05, 4.69) is 20.7 Å². The molecule has 110 valence electrons. The van der Waals surface area contributed by atoms with E-state index in [1.807, 2.05) is 0 Å². The molecule has 0 spiro atoms. The fourth-order valence-corrected chi connectivity index (χ4v) is 2.89. The third-order valence-corrected chi connectivity index (χ3v) is 4.46. The van der Waals surface area contributed by atoms with Crippen LogP contribution >= 0.6 is 15.9 Å². The number of anilines is 1. The van der Waals surface area contributed by atoms with Crippen LogP contribution in [-0.4, -0.2) is 18.4 Å². The van der Waals surface area contributed by atoms with Gasteiger partial charge in [-0.2, -0.15) is 0 Å². The molecule has 0 aromatic heterocycles. The third kappa shape index (κ3) is 3.50. The van der Waals surface area contributed by atoms with Crippen molar-refractivity contribution in [3.63, 3.8) is 0 Å². The Kier molecular flexibility index (Phi) is 4.14. The molecule has 0 aliphatic carbocycles. The minimum absolute atomic E-state index is 0.310. The number of sulfonamides is 1. The molecule has 21 heavy (non-hydrogen) atoms. The largest absolute Gasteiger partial charge is 0.502 e. The van der Waals surface area contributed by atoms with E-state index in [1.54, 1.807) is 12.1 Å². The second-order valence-corrected chi connectivity index (χ2v) is 6.62. The maximum atomic E-state index is 12.1. The zero-order chi connectivity index (χ0) is 15.6. The molecule has 0 saturated carbocycles. The Labute approximate surface area is 128 Å². The van der Waals surface area contributed by atoms with Crippen molar-refractivity contribution >= 4 is 37.3 Å². The fourth-order valence-electron chi connectivity index (χ4n) is 1.55. The van der Waals surface area contributed by atoms with Crippen LogP contribution in [0.25, 0.3) is 0 Å². The van der Waals surface area contributed by atoms with Crippen molar-refractivity contribution in [3.8, 4) is 5.75 Å². The third-order valence-electron chi connectivity index (χ3n) is 2.55. The van der Waals surface area contributed by atoms with Gasteiger partial charge in [-0.1, -0.05) is 15.9 Å². The summed E-state index contributed by atoms with van der Waals surface area (Å²) in [6, 6.07) is 9.23. The predicted molar refractivity (Wildman–Crippen MR) is 79.7 cm³/mol. The molecule has 0 unspecified atom stereocenters. The Morgan fingerprint density at radius 1 is 1.14 bits per heavy atom. The summed E-state index contributed by atoms with van der Waals surface area (Å²) in [7, 11) is -3.98. The number of nitro benzene ring substituents is 1. The number of nitrogens with one attached hydrogen (secondary N) is 1. The van der Waals surface area contributed by atoms with Crippen LogP contribution in [-0.2, 0) is 10.0 Å². The molecule has 2 rings (SSSR count). The molecule has 2 N–H and O–H groups in total. The van der Waals surface area contributed by atoms with E-state index in [0.29, 0.717) is 5.69 Å². The quantitative estimate of drug-likeness (QED) is 0.633. The molecular formula is C12H9BrN2O5S. The molecule has 0 amide bonds. The molecule has 9 heteroatoms. The minimum atomic E-state index is -3.98. The minimum Gasteiger partial charge on any atom is -0.502 e. The van der Waals surface area contributed by atoms with Crippen LogP contribution in [0, 0.1) is 10.1 Å². The number of phenolic OH excluding ortho intramolecular Hbond substituents is 1. The molecule has 7 nitrogen and oxygen atoms in total. The van der Waals surface area contributed by atoms with Gasteiger partial charge in [-0.05, 0) is 36.4 Å². The van der Waals surface area contributed by atoms with Crippen LogP contribution in [0.4, 0.5) is 11.4 Å². The van der Waals surface area contributed by atoms with E-state index < -0.39 is 26.4 Å². The van der Waals surface area contributed by atoms with Gasteiger partial charge in [0.15, 0.2) is 5.75 Å². The van der Waals surface area contributed by atoms with E-state index in [-0.39, 0.29) is 4.90 Å². The number of hydrogen-bond acceptors (Lipinski definition) is 5. The molecule has 0 saturated heterocycles. The van der Waals surface area contributed by atoms with Gasteiger partial charge in [-0.25, -0.2) is 8.42 Å². The van der Waals surface area contributed by atoms with Crippen LogP contribution < -0.4 is 4.72 Å². The SMILES string of the molecule is O=[N+]([O-])c1cc(S(=O)(=O)Nc2ccc(Br)cc2)ccc1O. The first-order valence-electron chi connectivity index (χ1n) is 5.55. The topological polar surface area (TPSA) is 110 Å². The monoisotopic (exact) mass is 372 g/mol. The van der Waals surface area contributed by atoms with E-state index in [1.165, 1.54) is 12.1 Å². The highest BCUT2D eigenvalue weighted by atomic mass is 79.9. The van der Waals surface area contributed by atoms with Crippen molar-refractivity contribution in [1.29, 1.82) is 0 Å². The molecule has 0 atom stereocenters. The summed E-state index contributed by atoms with van der Waals surface area (Å²) in [6.45, 7) is 0. The summed E-state index contributed by atoms with van der Waals surface area (Å²) < 4.78 is 27.4. The number of halogens is 1. The van der Waals surface area contributed by atoms with Gasteiger partial charge >= 0.3 is 5.69 Å². The van der Waals surface area contributed by atoms with Gasteiger partial charge in [0.05, 0.1) is 9.82 Å². The lowest BCUT2D eigenvalue weighted by Gasteiger charge is -2.08. The summed E-state index contributed by atoms with van der Waals surface area (Å²) in [5, 5.41) is 20.1. The average Bonchev–Trinajstić information content (AvgIpc) is 2.41.